The van der Waals surface area contributed by atoms with Crippen LogP contribution in [0, 0.1) is 0 Å². The van der Waals surface area contributed by atoms with E-state index >= 15 is 0 Å². The molecule has 2 amide bonds. The topological polar surface area (TPSA) is 87.7 Å². The van der Waals surface area contributed by atoms with Gasteiger partial charge in [-0.1, -0.05) is 0 Å². The van der Waals surface area contributed by atoms with Crippen LogP contribution in [0.15, 0.2) is 0 Å². The molecule has 7 heteroatoms. The molecule has 2 fully saturated rings. The van der Waals surface area contributed by atoms with E-state index in [2.05, 4.69) is 10.6 Å². The zero-order valence-corrected chi connectivity index (χ0v) is 11.1. The highest BCUT2D eigenvalue weighted by molar-refractivity contribution is 5.95. The number of carbonyl (C=O) groups is 3. The molecule has 1 unspecified atom stereocenters. The Morgan fingerprint density at radius 1 is 1.42 bits per heavy atom. The van der Waals surface area contributed by atoms with Gasteiger partial charge in [0.15, 0.2) is 0 Å². The molecular formula is C12H19N3O4. The fourth-order valence-electron chi connectivity index (χ4n) is 2.75. The van der Waals surface area contributed by atoms with Crippen LogP contribution in [0.2, 0.25) is 0 Å². The van der Waals surface area contributed by atoms with E-state index in [1.165, 1.54) is 12.0 Å². The molecule has 2 rings (SSSR count). The van der Waals surface area contributed by atoms with E-state index in [1.807, 2.05) is 0 Å². The van der Waals surface area contributed by atoms with Crippen LogP contribution in [0.25, 0.3) is 0 Å². The SMILES string of the molecule is CNC1CNC(=O)[C@H]2CCC[C@@H](C(=O)OC)N2C1=O. The van der Waals surface area contributed by atoms with Crippen molar-refractivity contribution in [2.75, 3.05) is 20.7 Å². The number of esters is 1. The average molecular weight is 269 g/mol. The minimum Gasteiger partial charge on any atom is -0.467 e. The molecule has 2 heterocycles. The number of fused-ring (bicyclic) bond motifs is 1. The number of likely N-dealkylation sites (N-methyl/N-ethyl adjacent to an activating group) is 1. The van der Waals surface area contributed by atoms with E-state index < -0.39 is 24.1 Å². The number of methoxy groups -OCH3 is 1. The summed E-state index contributed by atoms with van der Waals surface area (Å²) in [5.41, 5.74) is 0. The summed E-state index contributed by atoms with van der Waals surface area (Å²) in [4.78, 5) is 37.7. The zero-order chi connectivity index (χ0) is 14.0. The van der Waals surface area contributed by atoms with Gasteiger partial charge in [0.2, 0.25) is 11.8 Å². The first-order chi connectivity index (χ1) is 9.10. The Balaban J connectivity index is 2.33. The molecule has 106 valence electrons. The average Bonchev–Trinajstić information content (AvgIpc) is 2.56. The van der Waals surface area contributed by atoms with Crippen molar-refractivity contribution >= 4 is 17.8 Å². The molecule has 0 aromatic carbocycles. The molecule has 0 aliphatic carbocycles. The number of hydrogen-bond acceptors (Lipinski definition) is 5. The first-order valence-electron chi connectivity index (χ1n) is 6.45. The standard InChI is InChI=1S/C12H19N3O4/c1-13-7-6-14-10(16)8-4-3-5-9(12(18)19-2)15(8)11(7)17/h7-9,13H,3-6H2,1-2H3,(H,14,16)/t7?,8-,9+/m1/s1. The predicted octanol–water partition coefficient (Wildman–Crippen LogP) is -1.37. The molecule has 0 bridgehead atoms. The summed E-state index contributed by atoms with van der Waals surface area (Å²) in [5.74, 6) is -0.872. The molecule has 19 heavy (non-hydrogen) atoms. The molecule has 2 N–H and O–H groups in total. The van der Waals surface area contributed by atoms with E-state index in [9.17, 15) is 14.4 Å². The van der Waals surface area contributed by atoms with Crippen LogP contribution in [0.5, 0.6) is 0 Å². The van der Waals surface area contributed by atoms with Crippen LogP contribution in [0.4, 0.5) is 0 Å². The lowest BCUT2D eigenvalue weighted by molar-refractivity contribution is -0.159. The summed E-state index contributed by atoms with van der Waals surface area (Å²) in [6.07, 6.45) is 1.85. The molecule has 2 aliphatic rings. The molecule has 0 aromatic rings. The number of rotatable bonds is 2. The highest BCUT2D eigenvalue weighted by atomic mass is 16.5. The Labute approximate surface area is 111 Å². The fraction of sp³-hybridized carbons (Fsp3) is 0.750. The number of amides is 2. The minimum absolute atomic E-state index is 0.195. The van der Waals surface area contributed by atoms with Gasteiger partial charge in [-0.2, -0.15) is 0 Å². The molecule has 2 aliphatic heterocycles. The lowest BCUT2D eigenvalue weighted by atomic mass is 9.94. The van der Waals surface area contributed by atoms with E-state index in [0.29, 0.717) is 12.8 Å². The van der Waals surface area contributed by atoms with E-state index in [4.69, 9.17) is 4.74 Å². The quantitative estimate of drug-likeness (QED) is 0.604. The highest BCUT2D eigenvalue weighted by Gasteiger charge is 2.45. The predicted molar refractivity (Wildman–Crippen MR) is 66.1 cm³/mol. The van der Waals surface area contributed by atoms with Crippen LogP contribution < -0.4 is 10.6 Å². The van der Waals surface area contributed by atoms with E-state index in [1.54, 1.807) is 7.05 Å². The smallest absolute Gasteiger partial charge is 0.328 e. The van der Waals surface area contributed by atoms with Gasteiger partial charge in [-0.3, -0.25) is 9.59 Å². The Hall–Kier alpha value is -1.63. The normalized spacial score (nSPS) is 31.3. The second-order valence-electron chi connectivity index (χ2n) is 4.82. The van der Waals surface area contributed by atoms with Crippen molar-refractivity contribution in [1.82, 2.24) is 15.5 Å². The number of ether oxygens (including phenoxy) is 1. The third kappa shape index (κ3) is 2.42. The Morgan fingerprint density at radius 3 is 2.79 bits per heavy atom. The lowest BCUT2D eigenvalue weighted by Crippen LogP contribution is -2.59. The van der Waals surface area contributed by atoms with Crippen molar-refractivity contribution in [1.29, 1.82) is 0 Å². The summed E-state index contributed by atoms with van der Waals surface area (Å²) >= 11 is 0. The third-order valence-electron chi connectivity index (χ3n) is 3.78. The maximum Gasteiger partial charge on any atom is 0.328 e. The number of nitrogens with zero attached hydrogens (tertiary/aromatic N) is 1. The molecule has 2 saturated heterocycles. The first-order valence-corrected chi connectivity index (χ1v) is 6.45. The number of piperidine rings is 1. The molecule has 0 saturated carbocycles. The summed E-state index contributed by atoms with van der Waals surface area (Å²) < 4.78 is 4.75. The largest absolute Gasteiger partial charge is 0.467 e. The second kappa shape index (κ2) is 5.56. The molecular weight excluding hydrogens is 250 g/mol. The van der Waals surface area contributed by atoms with Crippen molar-refractivity contribution in [2.24, 2.45) is 0 Å². The second-order valence-corrected chi connectivity index (χ2v) is 4.82. The van der Waals surface area contributed by atoms with Gasteiger partial charge in [0.1, 0.15) is 18.1 Å². The maximum absolute atomic E-state index is 12.5. The van der Waals surface area contributed by atoms with E-state index in [0.717, 1.165) is 6.42 Å². The van der Waals surface area contributed by atoms with Crippen LogP contribution >= 0.6 is 0 Å². The van der Waals surface area contributed by atoms with Crippen LogP contribution in [-0.4, -0.2) is 61.5 Å². The van der Waals surface area contributed by atoms with Gasteiger partial charge in [0.25, 0.3) is 0 Å². The van der Waals surface area contributed by atoms with Crippen LogP contribution in [0.1, 0.15) is 19.3 Å². The Bertz CT molecular complexity index is 398. The molecule has 0 aromatic heterocycles. The number of hydrogen-bond donors (Lipinski definition) is 2. The monoisotopic (exact) mass is 269 g/mol. The van der Waals surface area contributed by atoms with Gasteiger partial charge >= 0.3 is 5.97 Å². The van der Waals surface area contributed by atoms with Crippen LogP contribution in [0.3, 0.4) is 0 Å². The highest BCUT2D eigenvalue weighted by Crippen LogP contribution is 2.26. The molecule has 3 atom stereocenters. The summed E-state index contributed by atoms with van der Waals surface area (Å²) in [5, 5.41) is 5.60. The first kappa shape index (κ1) is 13.8. The molecule has 0 spiro atoms. The Morgan fingerprint density at radius 2 is 2.16 bits per heavy atom. The van der Waals surface area contributed by atoms with Gasteiger partial charge in [0, 0.05) is 6.54 Å². The van der Waals surface area contributed by atoms with Gasteiger partial charge < -0.3 is 20.3 Å². The summed E-state index contributed by atoms with van der Waals surface area (Å²) in [7, 11) is 2.95. The maximum atomic E-state index is 12.5. The van der Waals surface area contributed by atoms with Gasteiger partial charge in [-0.25, -0.2) is 4.79 Å². The van der Waals surface area contributed by atoms with Crippen LogP contribution in [-0.2, 0) is 19.1 Å². The molecule has 0 radical (unpaired) electrons. The Kier molecular flexibility index (Phi) is 4.04. The van der Waals surface area contributed by atoms with Crippen molar-refractivity contribution in [3.8, 4) is 0 Å². The van der Waals surface area contributed by atoms with Crippen molar-refractivity contribution in [2.45, 2.75) is 37.4 Å². The summed E-state index contributed by atoms with van der Waals surface area (Å²) in [6, 6.07) is -1.72. The lowest BCUT2D eigenvalue weighted by Gasteiger charge is -2.39. The number of carbonyl (C=O) groups excluding carboxylic acids is 3. The van der Waals surface area contributed by atoms with Gasteiger partial charge in [-0.15, -0.1) is 0 Å². The van der Waals surface area contributed by atoms with Crippen molar-refractivity contribution < 1.29 is 19.1 Å². The zero-order valence-electron chi connectivity index (χ0n) is 11.1. The van der Waals surface area contributed by atoms with E-state index in [-0.39, 0.29) is 18.4 Å². The van der Waals surface area contributed by atoms with Crippen molar-refractivity contribution in [3.05, 3.63) is 0 Å². The molecule has 7 nitrogen and oxygen atoms in total. The van der Waals surface area contributed by atoms with Gasteiger partial charge in [0.05, 0.1) is 7.11 Å². The summed E-state index contributed by atoms with van der Waals surface area (Å²) in [6.45, 7) is 0.245. The van der Waals surface area contributed by atoms with Gasteiger partial charge in [-0.05, 0) is 26.3 Å². The fourth-order valence-corrected chi connectivity index (χ4v) is 2.75. The van der Waals surface area contributed by atoms with Crippen molar-refractivity contribution in [3.63, 3.8) is 0 Å². The minimum atomic E-state index is -0.657. The number of nitrogens with one attached hydrogen (secondary N) is 2. The third-order valence-corrected chi connectivity index (χ3v) is 3.78.